The number of rotatable bonds is 4. The van der Waals surface area contributed by atoms with Gasteiger partial charge in [-0.2, -0.15) is 0 Å². The van der Waals surface area contributed by atoms with Crippen LogP contribution < -0.4 is 9.47 Å². The summed E-state index contributed by atoms with van der Waals surface area (Å²) in [5.74, 6) is 0.732. The van der Waals surface area contributed by atoms with Crippen LogP contribution in [0.3, 0.4) is 0 Å². The molecule has 0 saturated heterocycles. The summed E-state index contributed by atoms with van der Waals surface area (Å²) >= 11 is 3.34. The Morgan fingerprint density at radius 3 is 2.40 bits per heavy atom. The fraction of sp³-hybridized carbons (Fsp3) is 0.200. The molecule has 1 unspecified atom stereocenters. The van der Waals surface area contributed by atoms with Crippen molar-refractivity contribution in [3.63, 3.8) is 0 Å². The molecule has 0 fully saturated rings. The minimum Gasteiger partial charge on any atom is -0.497 e. The summed E-state index contributed by atoms with van der Waals surface area (Å²) in [6, 6.07) is 9.52. The van der Waals surface area contributed by atoms with E-state index in [-0.39, 0.29) is 5.75 Å². The van der Waals surface area contributed by atoms with Gasteiger partial charge in [-0.05, 0) is 58.7 Å². The molecule has 0 radical (unpaired) electrons. The van der Waals surface area contributed by atoms with E-state index < -0.39 is 11.9 Å². The third-order valence-electron chi connectivity index (χ3n) is 2.80. The quantitative estimate of drug-likeness (QED) is 0.893. The van der Waals surface area contributed by atoms with E-state index in [1.54, 1.807) is 38.3 Å². The Hall–Kier alpha value is -1.59. The monoisotopic (exact) mass is 340 g/mol. The summed E-state index contributed by atoms with van der Waals surface area (Å²) in [4.78, 5) is 0. The Morgan fingerprint density at radius 1 is 1.15 bits per heavy atom. The van der Waals surface area contributed by atoms with Crippen LogP contribution >= 0.6 is 15.9 Å². The van der Waals surface area contributed by atoms with E-state index in [2.05, 4.69) is 15.9 Å². The Labute approximate surface area is 125 Å². The molecule has 2 rings (SSSR count). The highest BCUT2D eigenvalue weighted by atomic mass is 79.9. The maximum absolute atomic E-state index is 13.9. The number of hydrogen-bond acceptors (Lipinski definition) is 3. The fourth-order valence-corrected chi connectivity index (χ4v) is 2.11. The molecular formula is C15H14BrFO3. The molecule has 0 aliphatic heterocycles. The van der Waals surface area contributed by atoms with Crippen molar-refractivity contribution in [2.45, 2.75) is 13.0 Å². The SMILES string of the molecule is COc1ccc(Oc2ccc(C(C)O)cc2F)c(Br)c1. The Morgan fingerprint density at radius 2 is 1.85 bits per heavy atom. The molecule has 106 valence electrons. The number of aliphatic hydroxyl groups excluding tert-OH is 1. The number of hydrogen-bond donors (Lipinski definition) is 1. The van der Waals surface area contributed by atoms with Crippen molar-refractivity contribution in [1.29, 1.82) is 0 Å². The molecule has 2 aromatic rings. The van der Waals surface area contributed by atoms with Gasteiger partial charge >= 0.3 is 0 Å². The molecule has 0 amide bonds. The summed E-state index contributed by atoms with van der Waals surface area (Å²) in [6.07, 6.45) is -0.716. The molecule has 2 aromatic carbocycles. The Bertz CT molecular complexity index is 614. The number of benzene rings is 2. The molecule has 0 heterocycles. The van der Waals surface area contributed by atoms with Crippen LogP contribution in [0.4, 0.5) is 4.39 Å². The summed E-state index contributed by atoms with van der Waals surface area (Å²) in [6.45, 7) is 1.58. The van der Waals surface area contributed by atoms with E-state index in [1.165, 1.54) is 12.1 Å². The maximum Gasteiger partial charge on any atom is 0.166 e. The van der Waals surface area contributed by atoms with Crippen molar-refractivity contribution in [3.05, 3.63) is 52.3 Å². The van der Waals surface area contributed by atoms with Gasteiger partial charge in [-0.15, -0.1) is 0 Å². The molecule has 0 saturated carbocycles. The molecule has 0 aliphatic carbocycles. The Balaban J connectivity index is 2.26. The number of ether oxygens (including phenoxy) is 2. The third-order valence-corrected chi connectivity index (χ3v) is 3.42. The van der Waals surface area contributed by atoms with Gasteiger partial charge in [-0.3, -0.25) is 0 Å². The molecule has 3 nitrogen and oxygen atoms in total. The van der Waals surface area contributed by atoms with Gasteiger partial charge in [0.2, 0.25) is 0 Å². The number of methoxy groups -OCH3 is 1. The Kier molecular flexibility index (Phi) is 4.62. The zero-order chi connectivity index (χ0) is 14.7. The van der Waals surface area contributed by atoms with Crippen LogP contribution in [0.2, 0.25) is 0 Å². The molecular weight excluding hydrogens is 327 g/mol. The lowest BCUT2D eigenvalue weighted by atomic mass is 10.1. The molecule has 20 heavy (non-hydrogen) atoms. The highest BCUT2D eigenvalue weighted by molar-refractivity contribution is 9.10. The van der Waals surface area contributed by atoms with Gasteiger partial charge in [0.25, 0.3) is 0 Å². The lowest BCUT2D eigenvalue weighted by Crippen LogP contribution is -1.95. The average Bonchev–Trinajstić information content (AvgIpc) is 2.42. The van der Waals surface area contributed by atoms with Gasteiger partial charge in [0, 0.05) is 0 Å². The van der Waals surface area contributed by atoms with Crippen LogP contribution in [-0.2, 0) is 0 Å². The van der Waals surface area contributed by atoms with Crippen molar-refractivity contribution < 1.29 is 19.0 Å². The third kappa shape index (κ3) is 3.29. The van der Waals surface area contributed by atoms with Gasteiger partial charge in [-0.1, -0.05) is 6.07 Å². The summed E-state index contributed by atoms with van der Waals surface area (Å²) < 4.78 is 25.2. The van der Waals surface area contributed by atoms with Crippen molar-refractivity contribution >= 4 is 15.9 Å². The largest absolute Gasteiger partial charge is 0.497 e. The van der Waals surface area contributed by atoms with Crippen LogP contribution in [0, 0.1) is 5.82 Å². The van der Waals surface area contributed by atoms with Crippen LogP contribution in [-0.4, -0.2) is 12.2 Å². The van der Waals surface area contributed by atoms with Crippen molar-refractivity contribution in [3.8, 4) is 17.2 Å². The van der Waals surface area contributed by atoms with Gasteiger partial charge < -0.3 is 14.6 Å². The van der Waals surface area contributed by atoms with Crippen LogP contribution in [0.25, 0.3) is 0 Å². The van der Waals surface area contributed by atoms with Gasteiger partial charge in [0.05, 0.1) is 17.7 Å². The van der Waals surface area contributed by atoms with Crippen LogP contribution in [0.5, 0.6) is 17.2 Å². The standard InChI is InChI=1S/C15H14BrFO3/c1-9(18)10-3-5-15(13(17)7-10)20-14-6-4-11(19-2)8-12(14)16/h3-9,18H,1-2H3. The first-order chi connectivity index (χ1) is 9.51. The highest BCUT2D eigenvalue weighted by Crippen LogP contribution is 2.34. The van der Waals surface area contributed by atoms with E-state index in [0.717, 1.165) is 0 Å². The van der Waals surface area contributed by atoms with E-state index >= 15 is 0 Å². The number of halogens is 2. The molecule has 0 aromatic heterocycles. The van der Waals surface area contributed by atoms with E-state index in [4.69, 9.17) is 9.47 Å². The number of aliphatic hydroxyl groups is 1. The second-order valence-electron chi connectivity index (χ2n) is 4.26. The molecule has 0 aliphatic rings. The first-order valence-electron chi connectivity index (χ1n) is 6.00. The lowest BCUT2D eigenvalue weighted by Gasteiger charge is -2.11. The van der Waals surface area contributed by atoms with Crippen molar-refractivity contribution in [1.82, 2.24) is 0 Å². The predicted molar refractivity (Wildman–Crippen MR) is 77.8 cm³/mol. The van der Waals surface area contributed by atoms with E-state index in [0.29, 0.717) is 21.5 Å². The van der Waals surface area contributed by atoms with Crippen molar-refractivity contribution in [2.24, 2.45) is 0 Å². The molecule has 1 N–H and O–H groups in total. The minimum atomic E-state index is -0.716. The fourth-order valence-electron chi connectivity index (χ4n) is 1.67. The van der Waals surface area contributed by atoms with E-state index in [1.807, 2.05) is 0 Å². The lowest BCUT2D eigenvalue weighted by molar-refractivity contribution is 0.198. The topological polar surface area (TPSA) is 38.7 Å². The normalized spacial score (nSPS) is 12.1. The first kappa shape index (κ1) is 14.8. The summed E-state index contributed by atoms with van der Waals surface area (Å²) in [7, 11) is 1.57. The maximum atomic E-state index is 13.9. The second-order valence-corrected chi connectivity index (χ2v) is 5.12. The average molecular weight is 341 g/mol. The molecule has 0 bridgehead atoms. The smallest absolute Gasteiger partial charge is 0.166 e. The van der Waals surface area contributed by atoms with E-state index in [9.17, 15) is 9.50 Å². The predicted octanol–water partition coefficient (Wildman–Crippen LogP) is 4.44. The van der Waals surface area contributed by atoms with Gasteiger partial charge in [-0.25, -0.2) is 4.39 Å². The minimum absolute atomic E-state index is 0.0975. The zero-order valence-electron chi connectivity index (χ0n) is 11.1. The highest BCUT2D eigenvalue weighted by Gasteiger charge is 2.11. The van der Waals surface area contributed by atoms with Crippen LogP contribution in [0.15, 0.2) is 40.9 Å². The van der Waals surface area contributed by atoms with Crippen LogP contribution in [0.1, 0.15) is 18.6 Å². The summed E-state index contributed by atoms with van der Waals surface area (Å²) in [5, 5.41) is 9.40. The summed E-state index contributed by atoms with van der Waals surface area (Å²) in [5.41, 5.74) is 0.503. The van der Waals surface area contributed by atoms with Crippen molar-refractivity contribution in [2.75, 3.05) is 7.11 Å². The second kappa shape index (κ2) is 6.24. The molecule has 5 heteroatoms. The van der Waals surface area contributed by atoms with Gasteiger partial charge in [0.1, 0.15) is 11.5 Å². The molecule has 0 spiro atoms. The van der Waals surface area contributed by atoms with Gasteiger partial charge in [0.15, 0.2) is 11.6 Å². The first-order valence-corrected chi connectivity index (χ1v) is 6.79. The zero-order valence-corrected chi connectivity index (χ0v) is 12.6. The molecule has 1 atom stereocenters.